The summed E-state index contributed by atoms with van der Waals surface area (Å²) >= 11 is 0. The molecule has 1 heterocycles. The summed E-state index contributed by atoms with van der Waals surface area (Å²) in [6.45, 7) is 1.23. The second-order valence-corrected chi connectivity index (χ2v) is 5.92. The maximum atomic E-state index is 10.8. The number of hydrogen-bond donors (Lipinski definition) is 0. The summed E-state index contributed by atoms with van der Waals surface area (Å²) in [5.74, 6) is 0.0116. The van der Waals surface area contributed by atoms with Crippen molar-refractivity contribution in [1.29, 1.82) is 0 Å². The van der Waals surface area contributed by atoms with E-state index >= 15 is 0 Å². The number of hydrogen-bond acceptors (Lipinski definition) is 4. The van der Waals surface area contributed by atoms with Gasteiger partial charge >= 0.3 is 0 Å². The molecule has 0 saturated carbocycles. The minimum Gasteiger partial charge on any atom is -0.381 e. The molecular weight excluding hydrogens is 216 g/mol. The van der Waals surface area contributed by atoms with E-state index in [-0.39, 0.29) is 17.8 Å². The Labute approximate surface area is 82.6 Å². The van der Waals surface area contributed by atoms with E-state index in [2.05, 4.69) is 0 Å². The Bertz CT molecular complexity index is 245. The predicted octanol–water partition coefficient (Wildman–Crippen LogP) is 0.607. The molecule has 0 N–H and O–H groups in total. The first-order chi connectivity index (χ1) is 6.03. The van der Waals surface area contributed by atoms with Crippen LogP contribution in [0.2, 0.25) is 0 Å². The molecule has 0 aromatic carbocycles. The van der Waals surface area contributed by atoms with E-state index < -0.39 is 9.05 Å². The summed E-state index contributed by atoms with van der Waals surface area (Å²) in [7, 11) is 3.15. The Kier molecular flexibility index (Phi) is 3.97. The van der Waals surface area contributed by atoms with Crippen molar-refractivity contribution < 1.29 is 17.9 Å². The first-order valence-electron chi connectivity index (χ1n) is 4.06. The topological polar surface area (TPSA) is 52.6 Å². The van der Waals surface area contributed by atoms with E-state index in [4.69, 9.17) is 20.2 Å². The molecule has 0 spiro atoms. The monoisotopic (exact) mass is 228 g/mol. The Balaban J connectivity index is 2.51. The average molecular weight is 229 g/mol. The molecule has 1 aliphatic heterocycles. The second-order valence-electron chi connectivity index (χ2n) is 3.10. The molecule has 0 unspecified atom stereocenters. The summed E-state index contributed by atoms with van der Waals surface area (Å²) in [5, 5.41) is 0. The van der Waals surface area contributed by atoms with E-state index in [1.165, 1.54) is 7.11 Å². The Morgan fingerprint density at radius 3 is 2.77 bits per heavy atom. The van der Waals surface area contributed by atoms with Gasteiger partial charge in [-0.05, 0) is 6.42 Å². The molecule has 1 saturated heterocycles. The van der Waals surface area contributed by atoms with Gasteiger partial charge in [0.1, 0.15) is 0 Å². The normalized spacial score (nSPS) is 26.2. The fourth-order valence-corrected chi connectivity index (χ4v) is 2.61. The van der Waals surface area contributed by atoms with Crippen LogP contribution >= 0.6 is 10.7 Å². The van der Waals surface area contributed by atoms with Gasteiger partial charge in [-0.2, -0.15) is 0 Å². The van der Waals surface area contributed by atoms with Gasteiger partial charge in [0.2, 0.25) is 9.05 Å². The third-order valence-electron chi connectivity index (χ3n) is 2.16. The van der Waals surface area contributed by atoms with Gasteiger partial charge in [0, 0.05) is 30.3 Å². The van der Waals surface area contributed by atoms with Crippen molar-refractivity contribution >= 4 is 19.7 Å². The zero-order valence-corrected chi connectivity index (χ0v) is 8.97. The van der Waals surface area contributed by atoms with Crippen molar-refractivity contribution in [1.82, 2.24) is 0 Å². The molecule has 0 aliphatic carbocycles. The van der Waals surface area contributed by atoms with Gasteiger partial charge in [-0.3, -0.25) is 0 Å². The molecule has 0 amide bonds. The molecule has 78 valence electrons. The number of ether oxygens (including phenoxy) is 2. The summed E-state index contributed by atoms with van der Waals surface area (Å²) in [6.07, 6.45) is 0.496. The highest BCUT2D eigenvalue weighted by Gasteiger charge is 2.29. The van der Waals surface area contributed by atoms with E-state index in [0.29, 0.717) is 13.2 Å². The molecule has 1 fully saturated rings. The first-order valence-corrected chi connectivity index (χ1v) is 6.53. The summed E-state index contributed by atoms with van der Waals surface area (Å²) in [6, 6.07) is 0. The maximum Gasteiger partial charge on any atom is 0.235 e. The highest BCUT2D eigenvalue weighted by atomic mass is 35.7. The van der Waals surface area contributed by atoms with Crippen molar-refractivity contribution in [2.45, 2.75) is 12.5 Å². The van der Waals surface area contributed by atoms with Gasteiger partial charge in [-0.1, -0.05) is 0 Å². The van der Waals surface area contributed by atoms with E-state index in [9.17, 15) is 8.42 Å². The lowest BCUT2D eigenvalue weighted by atomic mass is 10.0. The molecule has 0 radical (unpaired) electrons. The number of halogens is 1. The minimum absolute atomic E-state index is 0.140. The zero-order chi connectivity index (χ0) is 9.90. The molecule has 0 aromatic heterocycles. The second kappa shape index (κ2) is 4.59. The molecule has 13 heavy (non-hydrogen) atoms. The molecule has 0 bridgehead atoms. The lowest BCUT2D eigenvalue weighted by Gasteiger charge is -2.18. The maximum absolute atomic E-state index is 10.8. The smallest absolute Gasteiger partial charge is 0.235 e. The zero-order valence-electron chi connectivity index (χ0n) is 7.40. The van der Waals surface area contributed by atoms with Gasteiger partial charge in [0.25, 0.3) is 0 Å². The summed E-state index contributed by atoms with van der Waals surface area (Å²) in [5.41, 5.74) is 0. The quantitative estimate of drug-likeness (QED) is 0.662. The molecule has 6 heteroatoms. The lowest BCUT2D eigenvalue weighted by Crippen LogP contribution is -2.29. The van der Waals surface area contributed by atoms with Crippen LogP contribution in [0.4, 0.5) is 0 Å². The van der Waals surface area contributed by atoms with Crippen LogP contribution in [0.25, 0.3) is 0 Å². The summed E-state index contributed by atoms with van der Waals surface area (Å²) < 4.78 is 31.8. The molecule has 0 aromatic rings. The van der Waals surface area contributed by atoms with Crippen LogP contribution in [-0.2, 0) is 18.5 Å². The highest BCUT2D eigenvalue weighted by molar-refractivity contribution is 8.13. The molecule has 4 nitrogen and oxygen atoms in total. The van der Waals surface area contributed by atoms with Crippen molar-refractivity contribution in [2.24, 2.45) is 5.92 Å². The van der Waals surface area contributed by atoms with Gasteiger partial charge in [0.05, 0.1) is 18.5 Å². The minimum atomic E-state index is -3.48. The van der Waals surface area contributed by atoms with Crippen molar-refractivity contribution in [3.8, 4) is 0 Å². The fraction of sp³-hybridized carbons (Fsp3) is 1.00. The summed E-state index contributed by atoms with van der Waals surface area (Å²) in [4.78, 5) is 0. The standard InChI is InChI=1S/C7H13ClO4S/c1-11-7(5-13(8,9)10)6-2-3-12-4-6/h6-7H,2-5H2,1H3/t6-,7+/m0/s1. The highest BCUT2D eigenvalue weighted by Crippen LogP contribution is 2.20. The van der Waals surface area contributed by atoms with Crippen LogP contribution in [0.1, 0.15) is 6.42 Å². The fourth-order valence-electron chi connectivity index (χ4n) is 1.44. The molecule has 2 atom stereocenters. The van der Waals surface area contributed by atoms with Gasteiger partial charge < -0.3 is 9.47 Å². The van der Waals surface area contributed by atoms with Crippen LogP contribution in [0.3, 0.4) is 0 Å². The van der Waals surface area contributed by atoms with Gasteiger partial charge in [-0.25, -0.2) is 8.42 Å². The lowest BCUT2D eigenvalue weighted by molar-refractivity contribution is 0.0614. The predicted molar refractivity (Wildman–Crippen MR) is 49.4 cm³/mol. The van der Waals surface area contributed by atoms with E-state index in [0.717, 1.165) is 6.42 Å². The van der Waals surface area contributed by atoms with Gasteiger partial charge in [-0.15, -0.1) is 0 Å². The van der Waals surface area contributed by atoms with Crippen molar-refractivity contribution in [3.05, 3.63) is 0 Å². The molecular formula is C7H13ClO4S. The molecule has 1 rings (SSSR count). The number of rotatable bonds is 4. The SMILES string of the molecule is CO[C@H](CS(=O)(=O)Cl)[C@H]1CCOC1. The Morgan fingerprint density at radius 1 is 1.69 bits per heavy atom. The van der Waals surface area contributed by atoms with Gasteiger partial charge in [0.15, 0.2) is 0 Å². The third-order valence-corrected chi connectivity index (χ3v) is 3.26. The van der Waals surface area contributed by atoms with Crippen LogP contribution < -0.4 is 0 Å². The average Bonchev–Trinajstić information content (AvgIpc) is 2.50. The van der Waals surface area contributed by atoms with Crippen LogP contribution in [0, 0.1) is 5.92 Å². The Hall–Kier alpha value is 0.160. The van der Waals surface area contributed by atoms with E-state index in [1.807, 2.05) is 0 Å². The van der Waals surface area contributed by atoms with Crippen LogP contribution in [0.5, 0.6) is 0 Å². The first kappa shape index (κ1) is 11.2. The van der Waals surface area contributed by atoms with Crippen molar-refractivity contribution in [3.63, 3.8) is 0 Å². The molecule has 1 aliphatic rings. The van der Waals surface area contributed by atoms with E-state index in [1.54, 1.807) is 0 Å². The van der Waals surface area contributed by atoms with Crippen molar-refractivity contribution in [2.75, 3.05) is 26.1 Å². The Morgan fingerprint density at radius 2 is 2.38 bits per heavy atom. The number of methoxy groups -OCH3 is 1. The van der Waals surface area contributed by atoms with Crippen LogP contribution in [0.15, 0.2) is 0 Å². The van der Waals surface area contributed by atoms with Crippen LogP contribution in [-0.4, -0.2) is 40.6 Å². The largest absolute Gasteiger partial charge is 0.381 e. The third kappa shape index (κ3) is 3.81.